The highest BCUT2D eigenvalue weighted by Crippen LogP contribution is 2.32. The third-order valence-electron chi connectivity index (χ3n) is 2.51. The van der Waals surface area contributed by atoms with Gasteiger partial charge in [0.2, 0.25) is 10.1 Å². The van der Waals surface area contributed by atoms with Crippen LogP contribution in [0.5, 0.6) is 0 Å². The van der Waals surface area contributed by atoms with Gasteiger partial charge in [0.15, 0.2) is 0 Å². The molecule has 2 rings (SSSR count). The Kier molecular flexibility index (Phi) is 4.94. The molecule has 2 heterocycles. The highest BCUT2D eigenvalue weighted by molar-refractivity contribution is 7.15. The minimum absolute atomic E-state index is 0.151. The fourth-order valence-corrected chi connectivity index (χ4v) is 2.21. The summed E-state index contributed by atoms with van der Waals surface area (Å²) in [5.74, 6) is 0. The summed E-state index contributed by atoms with van der Waals surface area (Å²) in [5, 5.41) is 8.55. The molecule has 1 aliphatic rings. The summed E-state index contributed by atoms with van der Waals surface area (Å²) in [6.07, 6.45) is -2.68. The summed E-state index contributed by atoms with van der Waals surface area (Å²) in [5.41, 5.74) is 0. The molecule has 1 fully saturated rings. The molecule has 0 radical (unpaired) electrons. The molecular weight excluding hydrogens is 283 g/mol. The number of halogens is 3. The van der Waals surface area contributed by atoms with Crippen LogP contribution in [0.2, 0.25) is 0 Å². The average Bonchev–Trinajstić information content (AvgIpc) is 2.97. The molecule has 0 aliphatic carbocycles. The Morgan fingerprint density at radius 2 is 2.26 bits per heavy atom. The molecule has 1 N–H and O–H groups in total. The van der Waals surface area contributed by atoms with Crippen molar-refractivity contribution in [3.63, 3.8) is 0 Å². The molecule has 0 saturated carbocycles. The van der Waals surface area contributed by atoms with E-state index in [2.05, 4.69) is 15.5 Å². The van der Waals surface area contributed by atoms with Crippen LogP contribution in [-0.2, 0) is 15.7 Å². The van der Waals surface area contributed by atoms with Crippen LogP contribution >= 0.6 is 11.3 Å². The summed E-state index contributed by atoms with van der Waals surface area (Å²) in [4.78, 5) is 0. The SMILES string of the molecule is FC(F)(F)c1nnc(NCCCOC2CCOC2)s1. The fraction of sp³-hybridized carbons (Fsp3) is 0.800. The summed E-state index contributed by atoms with van der Waals surface area (Å²) in [6, 6.07) is 0. The summed E-state index contributed by atoms with van der Waals surface area (Å²) < 4.78 is 47.5. The lowest BCUT2D eigenvalue weighted by atomic mass is 10.3. The predicted molar refractivity (Wildman–Crippen MR) is 63.2 cm³/mol. The first-order valence-corrected chi connectivity index (χ1v) is 6.71. The first-order chi connectivity index (χ1) is 9.05. The van der Waals surface area contributed by atoms with Crippen molar-refractivity contribution in [1.29, 1.82) is 0 Å². The highest BCUT2D eigenvalue weighted by atomic mass is 32.1. The van der Waals surface area contributed by atoms with E-state index in [4.69, 9.17) is 9.47 Å². The van der Waals surface area contributed by atoms with E-state index in [0.29, 0.717) is 37.5 Å². The molecule has 0 amide bonds. The van der Waals surface area contributed by atoms with Crippen molar-refractivity contribution < 1.29 is 22.6 Å². The Hall–Kier alpha value is -0.930. The van der Waals surface area contributed by atoms with Gasteiger partial charge in [-0.15, -0.1) is 10.2 Å². The van der Waals surface area contributed by atoms with Crippen LogP contribution < -0.4 is 5.32 Å². The van der Waals surface area contributed by atoms with Crippen molar-refractivity contribution in [3.05, 3.63) is 5.01 Å². The van der Waals surface area contributed by atoms with Gasteiger partial charge in [0, 0.05) is 19.8 Å². The standard InChI is InChI=1S/C10H14F3N3O2S/c11-10(12,13)8-15-16-9(19-8)14-3-1-4-18-7-2-5-17-6-7/h7H,1-6H2,(H,14,16). The molecule has 5 nitrogen and oxygen atoms in total. The lowest BCUT2D eigenvalue weighted by Gasteiger charge is -2.09. The number of hydrogen-bond donors (Lipinski definition) is 1. The second-order valence-corrected chi connectivity index (χ2v) is 5.02. The van der Waals surface area contributed by atoms with Crippen molar-refractivity contribution in [2.24, 2.45) is 0 Å². The number of rotatable bonds is 6. The van der Waals surface area contributed by atoms with Crippen molar-refractivity contribution in [1.82, 2.24) is 10.2 Å². The first kappa shape index (κ1) is 14.5. The second-order valence-electron chi connectivity index (χ2n) is 4.05. The Bertz CT molecular complexity index is 394. The quantitative estimate of drug-likeness (QED) is 0.816. The van der Waals surface area contributed by atoms with Gasteiger partial charge in [0.25, 0.3) is 0 Å². The van der Waals surface area contributed by atoms with Gasteiger partial charge < -0.3 is 14.8 Å². The lowest BCUT2D eigenvalue weighted by molar-refractivity contribution is -0.138. The van der Waals surface area contributed by atoms with Crippen molar-refractivity contribution >= 4 is 16.5 Å². The minimum atomic E-state index is -4.43. The Morgan fingerprint density at radius 3 is 2.89 bits per heavy atom. The minimum Gasteiger partial charge on any atom is -0.379 e. The van der Waals surface area contributed by atoms with Crippen molar-refractivity contribution in [2.75, 3.05) is 31.7 Å². The Balaban J connectivity index is 1.61. The fourth-order valence-electron chi connectivity index (χ4n) is 1.57. The molecule has 108 valence electrons. The normalized spacial score (nSPS) is 19.8. The van der Waals surface area contributed by atoms with Gasteiger partial charge in [0.1, 0.15) is 0 Å². The smallest absolute Gasteiger partial charge is 0.379 e. The van der Waals surface area contributed by atoms with E-state index in [0.717, 1.165) is 13.0 Å². The van der Waals surface area contributed by atoms with Crippen molar-refractivity contribution in [3.8, 4) is 0 Å². The van der Waals surface area contributed by atoms with Crippen LogP contribution in [0.1, 0.15) is 17.8 Å². The first-order valence-electron chi connectivity index (χ1n) is 5.89. The molecule has 1 saturated heterocycles. The van der Waals surface area contributed by atoms with Gasteiger partial charge in [-0.25, -0.2) is 0 Å². The third-order valence-corrected chi connectivity index (χ3v) is 3.43. The molecule has 0 spiro atoms. The van der Waals surface area contributed by atoms with Crippen LogP contribution in [0.25, 0.3) is 0 Å². The van der Waals surface area contributed by atoms with Gasteiger partial charge in [-0.1, -0.05) is 11.3 Å². The van der Waals surface area contributed by atoms with E-state index < -0.39 is 11.2 Å². The van der Waals surface area contributed by atoms with Crippen LogP contribution in [0.15, 0.2) is 0 Å². The number of nitrogens with one attached hydrogen (secondary N) is 1. The van der Waals surface area contributed by atoms with E-state index in [1.165, 1.54) is 0 Å². The van der Waals surface area contributed by atoms with Gasteiger partial charge in [0.05, 0.1) is 12.7 Å². The number of alkyl halides is 3. The summed E-state index contributed by atoms with van der Waals surface area (Å²) >= 11 is 0.504. The zero-order valence-electron chi connectivity index (χ0n) is 10.1. The van der Waals surface area contributed by atoms with Crippen LogP contribution in [0.3, 0.4) is 0 Å². The number of hydrogen-bond acceptors (Lipinski definition) is 6. The lowest BCUT2D eigenvalue weighted by Crippen LogP contribution is -2.15. The van der Waals surface area contributed by atoms with Gasteiger partial charge in [-0.2, -0.15) is 13.2 Å². The molecule has 1 aromatic heterocycles. The summed E-state index contributed by atoms with van der Waals surface area (Å²) in [6.45, 7) is 2.40. The molecule has 1 unspecified atom stereocenters. The van der Waals surface area contributed by atoms with Crippen LogP contribution in [0.4, 0.5) is 18.3 Å². The average molecular weight is 297 g/mol. The zero-order valence-corrected chi connectivity index (χ0v) is 10.9. The van der Waals surface area contributed by atoms with E-state index >= 15 is 0 Å². The summed E-state index contributed by atoms with van der Waals surface area (Å²) in [7, 11) is 0. The number of nitrogens with zero attached hydrogens (tertiary/aromatic N) is 2. The topological polar surface area (TPSA) is 56.3 Å². The van der Waals surface area contributed by atoms with Gasteiger partial charge in [-0.3, -0.25) is 0 Å². The number of ether oxygens (including phenoxy) is 2. The molecular formula is C10H14F3N3O2S. The molecule has 1 aliphatic heterocycles. The molecule has 1 aromatic rings. The molecule has 9 heteroatoms. The maximum atomic E-state index is 12.3. The van der Waals surface area contributed by atoms with Gasteiger partial charge >= 0.3 is 6.18 Å². The number of anilines is 1. The molecule has 0 aromatic carbocycles. The van der Waals surface area contributed by atoms with E-state index in [-0.39, 0.29) is 11.2 Å². The van der Waals surface area contributed by atoms with Crippen molar-refractivity contribution in [2.45, 2.75) is 25.1 Å². The molecule has 0 bridgehead atoms. The largest absolute Gasteiger partial charge is 0.445 e. The Morgan fingerprint density at radius 1 is 1.42 bits per heavy atom. The molecule has 1 atom stereocenters. The zero-order chi connectivity index (χ0) is 13.7. The van der Waals surface area contributed by atoms with Crippen LogP contribution in [-0.4, -0.2) is 42.7 Å². The van der Waals surface area contributed by atoms with E-state index in [1.807, 2.05) is 0 Å². The van der Waals surface area contributed by atoms with Gasteiger partial charge in [-0.05, 0) is 12.8 Å². The van der Waals surface area contributed by atoms with E-state index in [9.17, 15) is 13.2 Å². The maximum Gasteiger partial charge on any atom is 0.445 e. The Labute approximate surface area is 112 Å². The monoisotopic (exact) mass is 297 g/mol. The highest BCUT2D eigenvalue weighted by Gasteiger charge is 2.35. The van der Waals surface area contributed by atoms with Crippen LogP contribution in [0, 0.1) is 0 Å². The molecule has 19 heavy (non-hydrogen) atoms. The maximum absolute atomic E-state index is 12.3. The number of aromatic nitrogens is 2. The second kappa shape index (κ2) is 6.49. The third kappa shape index (κ3) is 4.59. The predicted octanol–water partition coefficient (Wildman–Crippen LogP) is 2.16. The van der Waals surface area contributed by atoms with E-state index in [1.54, 1.807) is 0 Å².